The average Bonchev–Trinajstić information content (AvgIpc) is 3.53. The van der Waals surface area contributed by atoms with Crippen LogP contribution in [-0.2, 0) is 25.5 Å². The van der Waals surface area contributed by atoms with Crippen molar-refractivity contribution in [1.29, 1.82) is 0 Å². The van der Waals surface area contributed by atoms with Gasteiger partial charge < -0.3 is 14.3 Å². The number of hydrogen-bond acceptors (Lipinski definition) is 4. The molecule has 2 aliphatic heterocycles. The first-order valence-electron chi connectivity index (χ1n) is 13.5. The van der Waals surface area contributed by atoms with E-state index in [1.807, 2.05) is 18.2 Å². The van der Waals surface area contributed by atoms with Crippen molar-refractivity contribution < 1.29 is 18.7 Å². The quantitative estimate of drug-likeness (QED) is 0.368. The number of hydroxylamine groups is 1. The van der Waals surface area contributed by atoms with Gasteiger partial charge in [0.15, 0.2) is 0 Å². The highest BCUT2D eigenvalue weighted by Gasteiger charge is 2.57. The van der Waals surface area contributed by atoms with Crippen molar-refractivity contribution in [3.05, 3.63) is 118 Å². The van der Waals surface area contributed by atoms with E-state index in [0.717, 1.165) is 22.9 Å². The minimum atomic E-state index is -0.802. The lowest BCUT2D eigenvalue weighted by Gasteiger charge is -2.42. The van der Waals surface area contributed by atoms with Gasteiger partial charge in [-0.05, 0) is 42.2 Å². The first kappa shape index (κ1) is 26.4. The number of benzene rings is 2. The van der Waals surface area contributed by atoms with Crippen LogP contribution in [0.3, 0.4) is 0 Å². The van der Waals surface area contributed by atoms with Crippen molar-refractivity contribution in [2.75, 3.05) is 19.8 Å². The van der Waals surface area contributed by atoms with E-state index in [2.05, 4.69) is 94.0 Å². The fourth-order valence-electron chi connectivity index (χ4n) is 6.21. The topological polar surface area (TPSA) is 39.7 Å². The second kappa shape index (κ2) is 11.4. The highest BCUT2D eigenvalue weighted by atomic mass is 79.9. The van der Waals surface area contributed by atoms with Crippen molar-refractivity contribution in [3.8, 4) is 11.8 Å². The zero-order chi connectivity index (χ0) is 26.7. The summed E-state index contributed by atoms with van der Waals surface area (Å²) in [6.45, 7) is 0.999. The standard InChI is InChI=1S/C33H31BrFNO3/c34-27-18-19-30(35)28(20-27)32-23-37-31(29(32)21-39-36-32)22-38-33(25-14-8-4-9-15-25,26-16-10-5-11-17-26)24-12-6-2-1-3-7-13-24/h1-2,4-6,8-10,12,14-16,18-20,24,29,31,36H,3,11,17,21-23H2/b2-1-,12-6?/t24?,29-,31-,32-,33?/m1/s1. The Morgan fingerprint density at radius 2 is 2.03 bits per heavy atom. The molecule has 2 unspecified atom stereocenters. The summed E-state index contributed by atoms with van der Waals surface area (Å²) in [6.07, 6.45) is 17.0. The van der Waals surface area contributed by atoms with Gasteiger partial charge in [0, 0.05) is 22.4 Å². The molecule has 6 heteroatoms. The van der Waals surface area contributed by atoms with Crippen molar-refractivity contribution in [2.24, 2.45) is 11.8 Å². The first-order chi connectivity index (χ1) is 19.1. The van der Waals surface area contributed by atoms with Crippen LogP contribution in [0.15, 0.2) is 101 Å². The summed E-state index contributed by atoms with van der Waals surface area (Å²) in [5.41, 5.74) is 4.31. The maximum Gasteiger partial charge on any atom is 0.132 e. The van der Waals surface area contributed by atoms with Crippen LogP contribution in [-0.4, -0.2) is 25.9 Å². The number of nitrogens with one attached hydrogen (secondary N) is 1. The molecule has 0 spiro atoms. The lowest BCUT2D eigenvalue weighted by molar-refractivity contribution is -0.0946. The van der Waals surface area contributed by atoms with Gasteiger partial charge in [0.25, 0.3) is 0 Å². The second-order valence-corrected chi connectivity index (χ2v) is 11.3. The molecule has 0 aromatic heterocycles. The summed E-state index contributed by atoms with van der Waals surface area (Å²) in [7, 11) is 0. The smallest absolute Gasteiger partial charge is 0.132 e. The fourth-order valence-corrected chi connectivity index (χ4v) is 6.57. The molecule has 1 N–H and O–H groups in total. The van der Waals surface area contributed by atoms with Crippen LogP contribution in [0.5, 0.6) is 0 Å². The Bertz CT molecular complexity index is 1390. The predicted molar refractivity (Wildman–Crippen MR) is 153 cm³/mol. The van der Waals surface area contributed by atoms with Gasteiger partial charge in [0.1, 0.15) is 17.0 Å². The minimum absolute atomic E-state index is 0.128. The van der Waals surface area contributed by atoms with Gasteiger partial charge in [-0.15, -0.1) is 0 Å². The van der Waals surface area contributed by atoms with Crippen molar-refractivity contribution in [3.63, 3.8) is 0 Å². The van der Waals surface area contributed by atoms with Crippen LogP contribution in [0.1, 0.15) is 30.4 Å². The third-order valence-electron chi connectivity index (χ3n) is 8.17. The molecule has 2 saturated heterocycles. The van der Waals surface area contributed by atoms with Crippen molar-refractivity contribution in [2.45, 2.75) is 36.5 Å². The third kappa shape index (κ3) is 4.88. The highest BCUT2D eigenvalue weighted by Crippen LogP contribution is 2.48. The van der Waals surface area contributed by atoms with Gasteiger partial charge in [-0.3, -0.25) is 0 Å². The summed E-state index contributed by atoms with van der Waals surface area (Å²) in [6, 6.07) is 15.4. The van der Waals surface area contributed by atoms with E-state index >= 15 is 4.39 Å². The molecule has 2 aliphatic carbocycles. The molecule has 2 heterocycles. The normalized spacial score (nSPS) is 29.9. The van der Waals surface area contributed by atoms with Crippen LogP contribution in [0.4, 0.5) is 4.39 Å². The van der Waals surface area contributed by atoms with Crippen LogP contribution >= 0.6 is 15.9 Å². The number of halogens is 2. The van der Waals surface area contributed by atoms with E-state index in [0.29, 0.717) is 25.2 Å². The van der Waals surface area contributed by atoms with Crippen LogP contribution in [0.2, 0.25) is 0 Å². The molecule has 200 valence electrons. The Kier molecular flexibility index (Phi) is 7.70. The molecule has 4 aliphatic rings. The van der Waals surface area contributed by atoms with Crippen molar-refractivity contribution >= 4 is 15.9 Å². The molecule has 2 aromatic rings. The summed E-state index contributed by atoms with van der Waals surface area (Å²) in [5, 5.41) is 0. The van der Waals surface area contributed by atoms with E-state index in [1.54, 1.807) is 6.07 Å². The van der Waals surface area contributed by atoms with Gasteiger partial charge in [-0.25, -0.2) is 4.39 Å². The number of fused-ring (bicyclic) bond motifs is 1. The fraction of sp³-hybridized carbons (Fsp3) is 0.333. The molecule has 6 rings (SSSR count). The second-order valence-electron chi connectivity index (χ2n) is 10.4. The molecule has 2 fully saturated rings. The monoisotopic (exact) mass is 587 g/mol. The van der Waals surface area contributed by atoms with Crippen LogP contribution < -0.4 is 5.48 Å². The number of ether oxygens (including phenoxy) is 2. The van der Waals surface area contributed by atoms with E-state index in [9.17, 15) is 0 Å². The SMILES string of the molecule is Fc1ccc(Br)cc1[C@]12CO[C@H](COC(C3=CC=CCC3)(c3ccccc3)C3C#CC/C=C\C=C3)[C@H]1CON2. The average molecular weight is 589 g/mol. The van der Waals surface area contributed by atoms with E-state index in [1.165, 1.54) is 11.6 Å². The van der Waals surface area contributed by atoms with E-state index < -0.39 is 11.1 Å². The summed E-state index contributed by atoms with van der Waals surface area (Å²) in [5.74, 6) is 6.24. The van der Waals surface area contributed by atoms with E-state index in [-0.39, 0.29) is 30.4 Å². The highest BCUT2D eigenvalue weighted by molar-refractivity contribution is 9.10. The first-order valence-corrected chi connectivity index (χ1v) is 14.3. The Balaban J connectivity index is 1.38. The van der Waals surface area contributed by atoms with Gasteiger partial charge >= 0.3 is 0 Å². The van der Waals surface area contributed by atoms with Gasteiger partial charge in [-0.2, -0.15) is 5.48 Å². The molecule has 5 atom stereocenters. The van der Waals surface area contributed by atoms with Crippen LogP contribution in [0.25, 0.3) is 0 Å². The Labute approximate surface area is 237 Å². The van der Waals surface area contributed by atoms with E-state index in [4.69, 9.17) is 14.3 Å². The molecule has 0 saturated carbocycles. The van der Waals surface area contributed by atoms with Gasteiger partial charge in [-0.1, -0.05) is 101 Å². The lowest BCUT2D eigenvalue weighted by atomic mass is 9.72. The maximum atomic E-state index is 15.1. The molecule has 2 aromatic carbocycles. The summed E-state index contributed by atoms with van der Waals surface area (Å²) in [4.78, 5) is 5.74. The Morgan fingerprint density at radius 1 is 1.13 bits per heavy atom. The molecule has 0 amide bonds. The molecule has 0 radical (unpaired) electrons. The number of hydrogen-bond donors (Lipinski definition) is 1. The molecule has 39 heavy (non-hydrogen) atoms. The van der Waals surface area contributed by atoms with Gasteiger partial charge in [0.05, 0.1) is 31.8 Å². The van der Waals surface area contributed by atoms with Crippen molar-refractivity contribution in [1.82, 2.24) is 5.48 Å². The third-order valence-corrected chi connectivity index (χ3v) is 8.66. The lowest BCUT2D eigenvalue weighted by Crippen LogP contribution is -2.45. The summed E-state index contributed by atoms with van der Waals surface area (Å²) >= 11 is 3.50. The molecule has 0 bridgehead atoms. The Morgan fingerprint density at radius 3 is 2.87 bits per heavy atom. The number of rotatable bonds is 7. The maximum absolute atomic E-state index is 15.1. The van der Waals surface area contributed by atoms with Crippen LogP contribution in [0, 0.1) is 29.5 Å². The minimum Gasteiger partial charge on any atom is -0.373 e. The zero-order valence-corrected chi connectivity index (χ0v) is 23.2. The zero-order valence-electron chi connectivity index (χ0n) is 21.6. The summed E-state index contributed by atoms with van der Waals surface area (Å²) < 4.78 is 29.4. The molecule has 4 nitrogen and oxygen atoms in total. The predicted octanol–water partition coefficient (Wildman–Crippen LogP) is 6.66. The molecular formula is C33H31BrFNO3. The largest absolute Gasteiger partial charge is 0.373 e. The Hall–Kier alpha value is -2.79. The number of allylic oxidation sites excluding steroid dienone is 6. The van der Waals surface area contributed by atoms with Gasteiger partial charge in [0.2, 0.25) is 0 Å². The molecular weight excluding hydrogens is 557 g/mol.